The highest BCUT2D eigenvalue weighted by atomic mass is 16.7. The lowest BCUT2D eigenvalue weighted by molar-refractivity contribution is -0.170. The Labute approximate surface area is 121 Å². The van der Waals surface area contributed by atoms with E-state index in [1.54, 1.807) is 11.9 Å². The van der Waals surface area contributed by atoms with Gasteiger partial charge in [-0.05, 0) is 39.5 Å². The van der Waals surface area contributed by atoms with Crippen LogP contribution in [0.15, 0.2) is 0 Å². The van der Waals surface area contributed by atoms with Gasteiger partial charge in [0.2, 0.25) is 5.91 Å². The largest absolute Gasteiger partial charge is 0.444 e. The highest BCUT2D eigenvalue weighted by Crippen LogP contribution is 2.22. The molecule has 1 fully saturated rings. The molecule has 1 aliphatic rings. The normalized spacial score (nSPS) is 19.6. The fraction of sp³-hybridized carbons (Fsp3) is 0.857. The first-order valence-corrected chi connectivity index (χ1v) is 7.01. The molecule has 20 heavy (non-hydrogen) atoms. The number of hydroxylamine groups is 2. The molecule has 0 aromatic rings. The van der Waals surface area contributed by atoms with E-state index in [4.69, 9.17) is 9.57 Å². The lowest BCUT2D eigenvalue weighted by atomic mass is 9.94. The Morgan fingerprint density at radius 2 is 2.00 bits per heavy atom. The summed E-state index contributed by atoms with van der Waals surface area (Å²) in [5.41, 5.74) is -0.490. The van der Waals surface area contributed by atoms with Crippen LogP contribution in [0.3, 0.4) is 0 Å². The van der Waals surface area contributed by atoms with Crippen molar-refractivity contribution in [3.8, 4) is 0 Å². The molecule has 1 heterocycles. The van der Waals surface area contributed by atoms with Crippen molar-refractivity contribution < 1.29 is 19.2 Å². The summed E-state index contributed by atoms with van der Waals surface area (Å²) in [7, 11) is 3.06. The Morgan fingerprint density at radius 3 is 2.55 bits per heavy atom. The van der Waals surface area contributed by atoms with Crippen LogP contribution in [0.5, 0.6) is 0 Å². The Morgan fingerprint density at radius 1 is 1.35 bits per heavy atom. The molecule has 0 aliphatic carbocycles. The molecule has 0 radical (unpaired) electrons. The van der Waals surface area contributed by atoms with E-state index < -0.39 is 5.60 Å². The number of carbonyl (C=O) groups is 2. The van der Waals surface area contributed by atoms with Gasteiger partial charge in [-0.2, -0.15) is 0 Å². The molecule has 116 valence electrons. The van der Waals surface area contributed by atoms with E-state index in [0.29, 0.717) is 19.5 Å². The summed E-state index contributed by atoms with van der Waals surface area (Å²) in [6, 6.07) is 0. The lowest BCUT2D eigenvalue weighted by Crippen LogP contribution is -2.43. The molecule has 1 atom stereocenters. The highest BCUT2D eigenvalue weighted by molar-refractivity contribution is 5.75. The molecular weight excluding hydrogens is 260 g/mol. The van der Waals surface area contributed by atoms with E-state index in [2.05, 4.69) is 0 Å². The predicted molar refractivity (Wildman–Crippen MR) is 74.9 cm³/mol. The number of amides is 2. The fourth-order valence-electron chi connectivity index (χ4n) is 2.20. The second-order valence-corrected chi connectivity index (χ2v) is 6.21. The average molecular weight is 286 g/mol. The first kappa shape index (κ1) is 16.8. The van der Waals surface area contributed by atoms with Crippen LogP contribution in [0.1, 0.15) is 40.0 Å². The molecule has 1 rings (SSSR count). The van der Waals surface area contributed by atoms with E-state index >= 15 is 0 Å². The number of hydrogen-bond donors (Lipinski definition) is 0. The number of nitrogens with zero attached hydrogens (tertiary/aromatic N) is 2. The van der Waals surface area contributed by atoms with Gasteiger partial charge in [0, 0.05) is 26.6 Å². The minimum absolute atomic E-state index is 0.0662. The smallest absolute Gasteiger partial charge is 0.410 e. The van der Waals surface area contributed by atoms with Crippen LogP contribution < -0.4 is 0 Å². The molecule has 1 unspecified atom stereocenters. The zero-order valence-electron chi connectivity index (χ0n) is 13.1. The van der Waals surface area contributed by atoms with Crippen molar-refractivity contribution in [1.82, 2.24) is 9.96 Å². The Balaban J connectivity index is 2.50. The highest BCUT2D eigenvalue weighted by Gasteiger charge is 2.29. The van der Waals surface area contributed by atoms with Crippen LogP contribution in [0, 0.1) is 5.92 Å². The molecule has 6 nitrogen and oxygen atoms in total. The van der Waals surface area contributed by atoms with Crippen molar-refractivity contribution in [2.24, 2.45) is 5.92 Å². The molecule has 2 amide bonds. The summed E-state index contributed by atoms with van der Waals surface area (Å²) in [5.74, 6) is 0.102. The zero-order valence-corrected chi connectivity index (χ0v) is 13.1. The van der Waals surface area contributed by atoms with Crippen LogP contribution in [0.4, 0.5) is 4.79 Å². The third kappa shape index (κ3) is 5.36. The number of hydrogen-bond acceptors (Lipinski definition) is 4. The van der Waals surface area contributed by atoms with Crippen LogP contribution in [0.2, 0.25) is 0 Å². The van der Waals surface area contributed by atoms with Crippen molar-refractivity contribution >= 4 is 12.0 Å². The molecule has 6 heteroatoms. The molecule has 1 saturated heterocycles. The maximum atomic E-state index is 12.0. The van der Waals surface area contributed by atoms with Crippen LogP contribution in [-0.4, -0.2) is 54.8 Å². The summed E-state index contributed by atoms with van der Waals surface area (Å²) in [5, 5.41) is 1.23. The molecule has 1 aliphatic heterocycles. The molecule has 0 saturated carbocycles. The SMILES string of the molecule is CON(C)C(=O)CC1CCCN(C(=O)OC(C)(C)C)C1. The van der Waals surface area contributed by atoms with E-state index in [1.165, 1.54) is 12.2 Å². The van der Waals surface area contributed by atoms with Gasteiger partial charge >= 0.3 is 6.09 Å². The molecule has 0 aromatic heterocycles. The molecule has 0 aromatic carbocycles. The molecule has 0 N–H and O–H groups in total. The predicted octanol–water partition coefficient (Wildman–Crippen LogP) is 2.04. The third-order valence-electron chi connectivity index (χ3n) is 3.26. The van der Waals surface area contributed by atoms with Crippen molar-refractivity contribution in [3.05, 3.63) is 0 Å². The van der Waals surface area contributed by atoms with Gasteiger partial charge in [0.05, 0.1) is 7.11 Å². The minimum atomic E-state index is -0.490. The van der Waals surface area contributed by atoms with E-state index in [1.807, 2.05) is 20.8 Å². The van der Waals surface area contributed by atoms with Gasteiger partial charge in [0.1, 0.15) is 5.60 Å². The van der Waals surface area contributed by atoms with Gasteiger partial charge < -0.3 is 9.64 Å². The number of rotatable bonds is 3. The summed E-state index contributed by atoms with van der Waals surface area (Å²) >= 11 is 0. The Bertz CT molecular complexity index is 352. The van der Waals surface area contributed by atoms with Crippen molar-refractivity contribution in [1.29, 1.82) is 0 Å². The second kappa shape index (κ2) is 6.92. The first-order chi connectivity index (χ1) is 9.23. The number of ether oxygens (including phenoxy) is 1. The second-order valence-electron chi connectivity index (χ2n) is 6.21. The standard InChI is InChI=1S/C14H26N2O4/c1-14(2,3)20-13(18)16-8-6-7-11(10-16)9-12(17)15(4)19-5/h11H,6-10H2,1-5H3. The first-order valence-electron chi connectivity index (χ1n) is 7.01. The van der Waals surface area contributed by atoms with Gasteiger partial charge in [-0.1, -0.05) is 0 Å². The minimum Gasteiger partial charge on any atom is -0.444 e. The monoisotopic (exact) mass is 286 g/mol. The van der Waals surface area contributed by atoms with Crippen molar-refractivity contribution in [2.75, 3.05) is 27.2 Å². The lowest BCUT2D eigenvalue weighted by Gasteiger charge is -2.34. The van der Waals surface area contributed by atoms with Gasteiger partial charge in [-0.25, -0.2) is 9.86 Å². The van der Waals surface area contributed by atoms with E-state index in [-0.39, 0.29) is 17.9 Å². The topological polar surface area (TPSA) is 59.1 Å². The van der Waals surface area contributed by atoms with Crippen molar-refractivity contribution in [3.63, 3.8) is 0 Å². The summed E-state index contributed by atoms with van der Waals surface area (Å²) in [6.07, 6.45) is 1.94. The molecular formula is C14H26N2O4. The summed E-state index contributed by atoms with van der Waals surface area (Å²) in [4.78, 5) is 30.4. The molecule has 0 spiro atoms. The maximum Gasteiger partial charge on any atom is 0.410 e. The fourth-order valence-corrected chi connectivity index (χ4v) is 2.20. The number of likely N-dealkylation sites (tertiary alicyclic amines) is 1. The zero-order chi connectivity index (χ0) is 15.3. The van der Waals surface area contributed by atoms with Gasteiger partial charge in [0.15, 0.2) is 0 Å². The van der Waals surface area contributed by atoms with Crippen LogP contribution in [0.25, 0.3) is 0 Å². The van der Waals surface area contributed by atoms with E-state index in [9.17, 15) is 9.59 Å². The van der Waals surface area contributed by atoms with Gasteiger partial charge in [-0.15, -0.1) is 0 Å². The molecule has 0 bridgehead atoms. The van der Waals surface area contributed by atoms with Crippen molar-refractivity contribution in [2.45, 2.75) is 45.6 Å². The maximum absolute atomic E-state index is 12.0. The van der Waals surface area contributed by atoms with E-state index in [0.717, 1.165) is 12.8 Å². The summed E-state index contributed by atoms with van der Waals surface area (Å²) < 4.78 is 5.37. The average Bonchev–Trinajstić information content (AvgIpc) is 2.36. The quantitative estimate of drug-likeness (QED) is 0.745. The Kier molecular flexibility index (Phi) is 5.80. The number of piperidine rings is 1. The summed E-state index contributed by atoms with van der Waals surface area (Å²) in [6.45, 7) is 6.81. The van der Waals surface area contributed by atoms with Crippen LogP contribution in [-0.2, 0) is 14.4 Å². The van der Waals surface area contributed by atoms with Crippen LogP contribution >= 0.6 is 0 Å². The number of carbonyl (C=O) groups excluding carboxylic acids is 2. The Hall–Kier alpha value is -1.30. The van der Waals surface area contributed by atoms with Gasteiger partial charge in [0.25, 0.3) is 0 Å². The third-order valence-corrected chi connectivity index (χ3v) is 3.26. The van der Waals surface area contributed by atoms with Gasteiger partial charge in [-0.3, -0.25) is 9.63 Å².